The minimum absolute atomic E-state index is 0.110. The van der Waals surface area contributed by atoms with E-state index in [1.807, 2.05) is 43.3 Å². The van der Waals surface area contributed by atoms with Gasteiger partial charge in [-0.05, 0) is 55.2 Å². The zero-order valence-corrected chi connectivity index (χ0v) is 21.8. The summed E-state index contributed by atoms with van der Waals surface area (Å²) in [6, 6.07) is 19.9. The molecule has 0 bridgehead atoms. The second-order valence-corrected chi connectivity index (χ2v) is 10.0. The molecule has 2 unspecified atom stereocenters. The number of fused-ring (bicyclic) bond motifs is 1. The SMILES string of the molecule is [2H]C(Nc1cc(Cl)c2ncc(C#N)c(NC(C)c3ccccc3)c2c1)(c1ccc(F)cc1)c1cn(C2CC2)nn1. The minimum Gasteiger partial charge on any atom is -0.377 e. The van der Waals surface area contributed by atoms with Gasteiger partial charge < -0.3 is 10.6 Å². The van der Waals surface area contributed by atoms with E-state index in [1.165, 1.54) is 18.3 Å². The van der Waals surface area contributed by atoms with Gasteiger partial charge in [0, 0.05) is 23.3 Å². The molecule has 7 nitrogen and oxygen atoms in total. The monoisotopic (exact) mass is 538 g/mol. The first kappa shape index (κ1) is 23.6. The van der Waals surface area contributed by atoms with Gasteiger partial charge in [0.1, 0.15) is 17.6 Å². The Morgan fingerprint density at radius 2 is 1.87 bits per heavy atom. The zero-order chi connectivity index (χ0) is 27.9. The van der Waals surface area contributed by atoms with Gasteiger partial charge in [-0.15, -0.1) is 5.10 Å². The molecule has 2 N–H and O–H groups in total. The maximum absolute atomic E-state index is 13.8. The molecule has 2 heterocycles. The number of halogens is 2. The molecule has 1 fully saturated rings. The van der Waals surface area contributed by atoms with Crippen LogP contribution >= 0.6 is 11.6 Å². The Morgan fingerprint density at radius 1 is 1.10 bits per heavy atom. The fourth-order valence-electron chi connectivity index (χ4n) is 4.57. The molecule has 0 saturated heterocycles. The second kappa shape index (κ2) is 10.4. The van der Waals surface area contributed by atoms with Gasteiger partial charge in [0.2, 0.25) is 0 Å². The van der Waals surface area contributed by atoms with Crippen molar-refractivity contribution in [1.29, 1.82) is 5.26 Å². The Hall–Kier alpha value is -4.48. The van der Waals surface area contributed by atoms with Crippen molar-refractivity contribution in [3.8, 4) is 6.07 Å². The van der Waals surface area contributed by atoms with Crippen molar-refractivity contribution < 1.29 is 5.76 Å². The number of rotatable bonds is 8. The molecule has 9 heteroatoms. The van der Waals surface area contributed by atoms with Gasteiger partial charge in [-0.1, -0.05) is 59.3 Å². The Bertz CT molecular complexity index is 1730. The summed E-state index contributed by atoms with van der Waals surface area (Å²) < 4.78 is 25.1. The third-order valence-electron chi connectivity index (χ3n) is 6.80. The van der Waals surface area contributed by atoms with Crippen LogP contribution in [-0.2, 0) is 0 Å². The molecule has 1 aliphatic rings. The van der Waals surface area contributed by atoms with Crippen LogP contribution in [0, 0.1) is 17.1 Å². The van der Waals surface area contributed by atoms with Crippen LogP contribution in [0.25, 0.3) is 10.9 Å². The van der Waals surface area contributed by atoms with Crippen molar-refractivity contribution in [3.05, 3.63) is 112 Å². The van der Waals surface area contributed by atoms with Crippen LogP contribution in [0.1, 0.15) is 61.6 Å². The van der Waals surface area contributed by atoms with E-state index in [0.29, 0.717) is 44.1 Å². The molecule has 0 spiro atoms. The van der Waals surface area contributed by atoms with Crippen LogP contribution in [0.5, 0.6) is 0 Å². The molecule has 194 valence electrons. The van der Waals surface area contributed by atoms with Gasteiger partial charge in [0.05, 0.1) is 41.4 Å². The fraction of sp³-hybridized carbons (Fsp3) is 0.200. The second-order valence-electron chi connectivity index (χ2n) is 9.61. The highest BCUT2D eigenvalue weighted by atomic mass is 35.5. The maximum Gasteiger partial charge on any atom is 0.123 e. The number of nitriles is 1. The highest BCUT2D eigenvalue weighted by Gasteiger charge is 2.27. The van der Waals surface area contributed by atoms with E-state index in [0.717, 1.165) is 18.4 Å². The van der Waals surface area contributed by atoms with Gasteiger partial charge in [-0.25, -0.2) is 9.07 Å². The van der Waals surface area contributed by atoms with Crippen LogP contribution in [0.4, 0.5) is 15.8 Å². The van der Waals surface area contributed by atoms with Crippen LogP contribution in [0.15, 0.2) is 79.1 Å². The third kappa shape index (κ3) is 5.14. The number of hydrogen-bond donors (Lipinski definition) is 2. The summed E-state index contributed by atoms with van der Waals surface area (Å²) in [6.45, 7) is 2.01. The van der Waals surface area contributed by atoms with E-state index in [4.69, 9.17) is 11.6 Å². The summed E-state index contributed by atoms with van der Waals surface area (Å²) in [6.07, 6.45) is 5.30. The first-order valence-electron chi connectivity index (χ1n) is 13.2. The molecule has 0 aliphatic heterocycles. The quantitative estimate of drug-likeness (QED) is 0.217. The van der Waals surface area contributed by atoms with Crippen molar-refractivity contribution in [3.63, 3.8) is 0 Å². The lowest BCUT2D eigenvalue weighted by Gasteiger charge is -2.21. The van der Waals surface area contributed by atoms with Crippen molar-refractivity contribution >= 4 is 33.9 Å². The van der Waals surface area contributed by atoms with Crippen LogP contribution < -0.4 is 10.6 Å². The van der Waals surface area contributed by atoms with Crippen molar-refractivity contribution in [2.75, 3.05) is 10.6 Å². The first-order valence-corrected chi connectivity index (χ1v) is 13.0. The lowest BCUT2D eigenvalue weighted by Crippen LogP contribution is -2.13. The molecule has 6 rings (SSSR count). The largest absolute Gasteiger partial charge is 0.377 e. The number of nitrogens with zero attached hydrogens (tertiary/aromatic N) is 5. The Balaban J connectivity index is 1.45. The summed E-state index contributed by atoms with van der Waals surface area (Å²) in [4.78, 5) is 4.45. The number of nitrogens with one attached hydrogen (secondary N) is 2. The Morgan fingerprint density at radius 3 is 2.59 bits per heavy atom. The summed E-state index contributed by atoms with van der Waals surface area (Å²) in [5.74, 6) is -0.403. The topological polar surface area (TPSA) is 91.5 Å². The van der Waals surface area contributed by atoms with Gasteiger partial charge in [-0.3, -0.25) is 4.98 Å². The molecule has 5 aromatic rings. The Kier molecular flexibility index (Phi) is 6.27. The number of pyridine rings is 1. The molecule has 1 aliphatic carbocycles. The minimum atomic E-state index is -1.61. The number of hydrogen-bond acceptors (Lipinski definition) is 6. The van der Waals surface area contributed by atoms with E-state index >= 15 is 0 Å². The molecule has 1 saturated carbocycles. The Labute approximate surface area is 231 Å². The lowest BCUT2D eigenvalue weighted by molar-refractivity contribution is 0.610. The first-order chi connectivity index (χ1) is 19.4. The van der Waals surface area contributed by atoms with Gasteiger partial charge in [-0.2, -0.15) is 5.26 Å². The highest BCUT2D eigenvalue weighted by Crippen LogP contribution is 2.38. The summed E-state index contributed by atoms with van der Waals surface area (Å²) >= 11 is 6.72. The number of anilines is 2. The van der Waals surface area contributed by atoms with Gasteiger partial charge in [0.15, 0.2) is 0 Å². The number of aromatic nitrogens is 4. The van der Waals surface area contributed by atoms with Crippen LogP contribution in [0.2, 0.25) is 5.02 Å². The molecule has 3 aromatic carbocycles. The van der Waals surface area contributed by atoms with E-state index in [1.54, 1.807) is 29.1 Å². The van der Waals surface area contributed by atoms with Crippen molar-refractivity contribution in [2.45, 2.75) is 37.9 Å². The van der Waals surface area contributed by atoms with Crippen LogP contribution in [-0.4, -0.2) is 20.0 Å². The van der Waals surface area contributed by atoms with E-state index < -0.39 is 11.8 Å². The molecular formula is C30H25ClFN7. The molecule has 39 heavy (non-hydrogen) atoms. The smallest absolute Gasteiger partial charge is 0.123 e. The van der Waals surface area contributed by atoms with Gasteiger partial charge in [0.25, 0.3) is 0 Å². The predicted octanol–water partition coefficient (Wildman–Crippen LogP) is 7.20. The summed E-state index contributed by atoms with van der Waals surface area (Å²) in [5.41, 5.74) is 3.88. The highest BCUT2D eigenvalue weighted by molar-refractivity contribution is 6.35. The summed E-state index contributed by atoms with van der Waals surface area (Å²) in [5, 5.41) is 26.2. The average molecular weight is 539 g/mol. The summed E-state index contributed by atoms with van der Waals surface area (Å²) in [7, 11) is 0. The average Bonchev–Trinajstić information content (AvgIpc) is 3.69. The van der Waals surface area contributed by atoms with Crippen molar-refractivity contribution in [1.82, 2.24) is 20.0 Å². The standard InChI is InChI=1S/C30H25ClFN7/c1-18(19-5-3-2-4-6-19)35-28-21(15-33)16-34-30-25(28)13-23(14-26(30)31)36-29(20-7-9-22(32)10-8-20)27-17-39(38-37-27)24-11-12-24/h2-10,13-14,16-18,24,29,36H,11-12H2,1H3,(H,34,35)/i29D. The lowest BCUT2D eigenvalue weighted by atomic mass is 10.0. The molecule has 2 atom stereocenters. The predicted molar refractivity (Wildman–Crippen MR) is 150 cm³/mol. The maximum atomic E-state index is 13.8. The van der Waals surface area contributed by atoms with E-state index in [9.17, 15) is 11.0 Å². The van der Waals surface area contributed by atoms with E-state index in [-0.39, 0.29) is 12.1 Å². The third-order valence-corrected chi connectivity index (χ3v) is 7.08. The number of benzene rings is 3. The van der Waals surface area contributed by atoms with Crippen LogP contribution in [0.3, 0.4) is 0 Å². The molecule has 0 amide bonds. The molecule has 0 radical (unpaired) electrons. The van der Waals surface area contributed by atoms with Gasteiger partial charge >= 0.3 is 0 Å². The molecule has 2 aromatic heterocycles. The normalized spacial score (nSPS) is 15.7. The van der Waals surface area contributed by atoms with E-state index in [2.05, 4.69) is 32.0 Å². The van der Waals surface area contributed by atoms with Crippen molar-refractivity contribution in [2.24, 2.45) is 0 Å². The fourth-order valence-corrected chi connectivity index (χ4v) is 4.84. The zero-order valence-electron chi connectivity index (χ0n) is 22.1. The molecular weight excluding hydrogens is 513 g/mol.